The van der Waals surface area contributed by atoms with Gasteiger partial charge in [-0.3, -0.25) is 4.79 Å². The quantitative estimate of drug-likeness (QED) is 0.530. The molecule has 0 saturated carbocycles. The first-order valence-corrected chi connectivity index (χ1v) is 10.0. The number of amides is 1. The van der Waals surface area contributed by atoms with Crippen LogP contribution in [0.15, 0.2) is 47.8 Å². The molecular formula is C22H24N2O3S. The second kappa shape index (κ2) is 9.37. The lowest BCUT2D eigenvalue weighted by atomic mass is 10.1. The minimum absolute atomic E-state index is 0.0554. The number of ether oxygens (including phenoxy) is 2. The summed E-state index contributed by atoms with van der Waals surface area (Å²) in [6, 6.07) is 13.8. The molecule has 5 nitrogen and oxygen atoms in total. The summed E-state index contributed by atoms with van der Waals surface area (Å²) in [4.78, 5) is 16.6. The lowest BCUT2D eigenvalue weighted by molar-refractivity contribution is -0.116. The SMILES string of the molecule is COc1ccc(-c2csc(NC(=O)CCCOc3cc(C)ccc3C)n2)cc1. The van der Waals surface area contributed by atoms with Gasteiger partial charge in [0.05, 0.1) is 19.4 Å². The number of hydrogen-bond acceptors (Lipinski definition) is 5. The van der Waals surface area contributed by atoms with Gasteiger partial charge >= 0.3 is 0 Å². The van der Waals surface area contributed by atoms with Crippen LogP contribution in [0.3, 0.4) is 0 Å². The maximum Gasteiger partial charge on any atom is 0.226 e. The van der Waals surface area contributed by atoms with Crippen LogP contribution in [0.4, 0.5) is 5.13 Å². The van der Waals surface area contributed by atoms with Crippen LogP contribution in [-0.4, -0.2) is 24.6 Å². The number of nitrogens with zero attached hydrogens (tertiary/aromatic N) is 1. The number of benzene rings is 2. The molecule has 0 aliphatic carbocycles. The molecule has 1 aromatic heterocycles. The van der Waals surface area contributed by atoms with Crippen LogP contribution in [0.1, 0.15) is 24.0 Å². The first-order valence-electron chi connectivity index (χ1n) is 9.15. The van der Waals surface area contributed by atoms with Gasteiger partial charge in [0.2, 0.25) is 5.91 Å². The Balaban J connectivity index is 1.46. The van der Waals surface area contributed by atoms with E-state index in [0.29, 0.717) is 24.6 Å². The number of aryl methyl sites for hydroxylation is 2. The van der Waals surface area contributed by atoms with Crippen molar-refractivity contribution in [2.75, 3.05) is 19.0 Å². The molecule has 0 radical (unpaired) electrons. The van der Waals surface area contributed by atoms with E-state index in [4.69, 9.17) is 9.47 Å². The molecule has 2 aromatic carbocycles. The number of anilines is 1. The van der Waals surface area contributed by atoms with Gasteiger partial charge in [-0.05, 0) is 61.7 Å². The summed E-state index contributed by atoms with van der Waals surface area (Å²) < 4.78 is 11.0. The highest BCUT2D eigenvalue weighted by molar-refractivity contribution is 7.14. The summed E-state index contributed by atoms with van der Waals surface area (Å²) in [5, 5.41) is 5.40. The van der Waals surface area contributed by atoms with Gasteiger partial charge in [-0.15, -0.1) is 11.3 Å². The van der Waals surface area contributed by atoms with Crippen LogP contribution in [0.2, 0.25) is 0 Å². The lowest BCUT2D eigenvalue weighted by Crippen LogP contribution is -2.12. The third-order valence-corrected chi connectivity index (χ3v) is 5.04. The van der Waals surface area contributed by atoms with E-state index in [1.807, 2.05) is 55.6 Å². The van der Waals surface area contributed by atoms with Crippen LogP contribution in [0.5, 0.6) is 11.5 Å². The molecule has 0 unspecified atom stereocenters. The largest absolute Gasteiger partial charge is 0.497 e. The summed E-state index contributed by atoms with van der Waals surface area (Å²) in [5.74, 6) is 1.63. The Bertz CT molecular complexity index is 935. The molecule has 0 bridgehead atoms. The zero-order valence-corrected chi connectivity index (χ0v) is 17.1. The molecule has 0 saturated heterocycles. The second-order valence-electron chi connectivity index (χ2n) is 6.54. The Morgan fingerprint density at radius 2 is 1.93 bits per heavy atom. The number of rotatable bonds is 8. The third kappa shape index (κ3) is 5.33. The van der Waals surface area contributed by atoms with Crippen molar-refractivity contribution in [3.63, 3.8) is 0 Å². The molecule has 0 fully saturated rings. The highest BCUT2D eigenvalue weighted by Crippen LogP contribution is 2.26. The van der Waals surface area contributed by atoms with E-state index in [2.05, 4.69) is 16.4 Å². The van der Waals surface area contributed by atoms with Crippen molar-refractivity contribution < 1.29 is 14.3 Å². The average molecular weight is 397 g/mol. The topological polar surface area (TPSA) is 60.5 Å². The van der Waals surface area contributed by atoms with E-state index in [-0.39, 0.29) is 5.91 Å². The molecule has 1 heterocycles. The average Bonchev–Trinajstić information content (AvgIpc) is 3.16. The monoisotopic (exact) mass is 396 g/mol. The van der Waals surface area contributed by atoms with E-state index >= 15 is 0 Å². The Hall–Kier alpha value is -2.86. The highest BCUT2D eigenvalue weighted by atomic mass is 32.1. The number of methoxy groups -OCH3 is 1. The summed E-state index contributed by atoms with van der Waals surface area (Å²) in [6.07, 6.45) is 1.04. The Morgan fingerprint density at radius 1 is 1.14 bits per heavy atom. The van der Waals surface area contributed by atoms with E-state index in [1.54, 1.807) is 7.11 Å². The molecule has 28 heavy (non-hydrogen) atoms. The zero-order valence-electron chi connectivity index (χ0n) is 16.3. The van der Waals surface area contributed by atoms with Gasteiger partial charge in [-0.25, -0.2) is 4.98 Å². The predicted octanol–water partition coefficient (Wildman–Crippen LogP) is 5.23. The van der Waals surface area contributed by atoms with Crippen molar-refractivity contribution in [3.05, 3.63) is 59.0 Å². The second-order valence-corrected chi connectivity index (χ2v) is 7.39. The van der Waals surface area contributed by atoms with Gasteiger partial charge in [-0.1, -0.05) is 12.1 Å². The summed E-state index contributed by atoms with van der Waals surface area (Å²) in [6.45, 7) is 4.56. The number of aromatic nitrogens is 1. The van der Waals surface area contributed by atoms with Gasteiger partial charge in [0.1, 0.15) is 11.5 Å². The third-order valence-electron chi connectivity index (χ3n) is 4.29. The number of nitrogens with one attached hydrogen (secondary N) is 1. The molecule has 146 valence electrons. The number of carbonyl (C=O) groups is 1. The minimum atomic E-state index is -0.0554. The molecular weight excluding hydrogens is 372 g/mol. The first kappa shape index (κ1) is 19.9. The van der Waals surface area contributed by atoms with Crippen molar-refractivity contribution in [3.8, 4) is 22.8 Å². The van der Waals surface area contributed by atoms with Gasteiger partial charge < -0.3 is 14.8 Å². The van der Waals surface area contributed by atoms with Gasteiger partial charge in [0.15, 0.2) is 5.13 Å². The van der Waals surface area contributed by atoms with E-state index < -0.39 is 0 Å². The van der Waals surface area contributed by atoms with Crippen LogP contribution in [0, 0.1) is 13.8 Å². The van der Waals surface area contributed by atoms with Crippen molar-refractivity contribution in [2.45, 2.75) is 26.7 Å². The fourth-order valence-corrected chi connectivity index (χ4v) is 3.42. The summed E-state index contributed by atoms with van der Waals surface area (Å²) in [7, 11) is 1.64. The maximum absolute atomic E-state index is 12.2. The van der Waals surface area contributed by atoms with Crippen LogP contribution >= 0.6 is 11.3 Å². The molecule has 0 atom stereocenters. The smallest absolute Gasteiger partial charge is 0.226 e. The Labute approximate surface area is 169 Å². The summed E-state index contributed by atoms with van der Waals surface area (Å²) >= 11 is 1.42. The molecule has 0 aliphatic rings. The predicted molar refractivity (Wildman–Crippen MR) is 113 cm³/mol. The normalized spacial score (nSPS) is 10.5. The van der Waals surface area contributed by atoms with E-state index in [0.717, 1.165) is 33.9 Å². The molecule has 3 aromatic rings. The van der Waals surface area contributed by atoms with Crippen molar-refractivity contribution in [2.24, 2.45) is 0 Å². The number of hydrogen-bond donors (Lipinski definition) is 1. The molecule has 3 rings (SSSR count). The fraction of sp³-hybridized carbons (Fsp3) is 0.273. The van der Waals surface area contributed by atoms with Crippen LogP contribution < -0.4 is 14.8 Å². The van der Waals surface area contributed by atoms with E-state index in [9.17, 15) is 4.79 Å². The van der Waals surface area contributed by atoms with E-state index in [1.165, 1.54) is 11.3 Å². The number of thiazole rings is 1. The van der Waals surface area contributed by atoms with Gasteiger partial charge in [0, 0.05) is 17.4 Å². The molecule has 1 N–H and O–H groups in total. The number of carbonyl (C=O) groups excluding carboxylic acids is 1. The Morgan fingerprint density at radius 3 is 2.68 bits per heavy atom. The van der Waals surface area contributed by atoms with Crippen LogP contribution in [-0.2, 0) is 4.79 Å². The minimum Gasteiger partial charge on any atom is -0.497 e. The lowest BCUT2D eigenvalue weighted by Gasteiger charge is -2.09. The van der Waals surface area contributed by atoms with Crippen molar-refractivity contribution in [1.82, 2.24) is 4.98 Å². The molecule has 6 heteroatoms. The van der Waals surface area contributed by atoms with Crippen molar-refractivity contribution >= 4 is 22.4 Å². The van der Waals surface area contributed by atoms with Gasteiger partial charge in [-0.2, -0.15) is 0 Å². The van der Waals surface area contributed by atoms with Gasteiger partial charge in [0.25, 0.3) is 0 Å². The first-order chi connectivity index (χ1) is 13.5. The molecule has 0 aliphatic heterocycles. The molecule has 1 amide bonds. The van der Waals surface area contributed by atoms with Crippen molar-refractivity contribution in [1.29, 1.82) is 0 Å². The standard InChI is InChI=1S/C22H24N2O3S/c1-15-6-7-16(2)20(13-15)27-12-4-5-21(25)24-22-23-19(14-28-22)17-8-10-18(26-3)11-9-17/h6-11,13-14H,4-5,12H2,1-3H3,(H,23,24,25). The summed E-state index contributed by atoms with van der Waals surface area (Å²) in [5.41, 5.74) is 4.08. The molecule has 0 spiro atoms. The van der Waals surface area contributed by atoms with Crippen LogP contribution in [0.25, 0.3) is 11.3 Å². The fourth-order valence-electron chi connectivity index (χ4n) is 2.68. The zero-order chi connectivity index (χ0) is 19.9. The highest BCUT2D eigenvalue weighted by Gasteiger charge is 2.09. The maximum atomic E-state index is 12.2. The Kier molecular flexibility index (Phi) is 6.66.